The summed E-state index contributed by atoms with van der Waals surface area (Å²) in [7, 11) is -4.13. The molecular weight excluding hydrogens is 585 g/mol. The maximum atomic E-state index is 12.9. The topological polar surface area (TPSA) is 112 Å². The van der Waals surface area contributed by atoms with Crippen molar-refractivity contribution in [2.75, 3.05) is 31.6 Å². The molecule has 2 atom stereocenters. The van der Waals surface area contributed by atoms with Gasteiger partial charge in [-0.1, -0.05) is 17.7 Å². The third-order valence-corrected chi connectivity index (χ3v) is 7.37. The lowest BCUT2D eigenvalue weighted by Crippen LogP contribution is -2.28. The van der Waals surface area contributed by atoms with Crippen LogP contribution in [0.15, 0.2) is 41.3 Å². The van der Waals surface area contributed by atoms with Crippen molar-refractivity contribution < 1.29 is 49.1 Å². The molecule has 0 saturated carbocycles. The second-order valence-electron chi connectivity index (χ2n) is 8.36. The second-order valence-corrected chi connectivity index (χ2v) is 10.4. The van der Waals surface area contributed by atoms with Crippen LogP contribution in [0.2, 0.25) is 5.02 Å². The van der Waals surface area contributed by atoms with E-state index in [0.717, 1.165) is 19.0 Å². The average Bonchev–Trinajstić information content (AvgIpc) is 3.25. The second kappa shape index (κ2) is 13.1. The fraction of sp³-hybridized carbons (Fsp3) is 0.455. The molecule has 0 radical (unpaired) electrons. The van der Waals surface area contributed by atoms with Crippen molar-refractivity contribution >= 4 is 33.3 Å². The highest BCUT2D eigenvalue weighted by atomic mass is 35.5. The summed E-state index contributed by atoms with van der Waals surface area (Å²) in [5.74, 6) is -2.76. The van der Waals surface area contributed by atoms with E-state index in [9.17, 15) is 39.2 Å². The van der Waals surface area contributed by atoms with Crippen LogP contribution in [0.4, 0.5) is 36.4 Å². The van der Waals surface area contributed by atoms with Gasteiger partial charge in [0.2, 0.25) is 10.0 Å². The van der Waals surface area contributed by atoms with Crippen LogP contribution in [0.1, 0.15) is 30.8 Å². The Morgan fingerprint density at radius 1 is 1.21 bits per heavy atom. The van der Waals surface area contributed by atoms with Gasteiger partial charge in [0.15, 0.2) is 0 Å². The van der Waals surface area contributed by atoms with E-state index in [1.807, 2.05) is 4.90 Å². The number of aromatic nitrogens is 1. The number of hydrogen-bond donors (Lipinski definition) is 3. The Kier molecular flexibility index (Phi) is 10.9. The number of likely N-dealkylation sites (tertiary alicyclic amines) is 1. The van der Waals surface area contributed by atoms with Gasteiger partial charge in [-0.15, -0.1) is 0 Å². The summed E-state index contributed by atoms with van der Waals surface area (Å²) in [4.78, 5) is 14.2. The van der Waals surface area contributed by atoms with E-state index >= 15 is 0 Å². The molecule has 1 aromatic heterocycles. The van der Waals surface area contributed by atoms with Crippen LogP contribution in [0.3, 0.4) is 0 Å². The number of alkyl halides is 7. The molecule has 3 N–H and O–H groups in total. The van der Waals surface area contributed by atoms with Crippen molar-refractivity contribution in [3.63, 3.8) is 0 Å². The molecule has 2 unspecified atom stereocenters. The van der Waals surface area contributed by atoms with Crippen molar-refractivity contribution in [3.8, 4) is 0 Å². The van der Waals surface area contributed by atoms with Gasteiger partial charge in [0.05, 0.1) is 16.8 Å². The number of carboxylic acid groups (broad SMARTS) is 1. The molecule has 0 spiro atoms. The zero-order valence-corrected chi connectivity index (χ0v) is 21.7. The zero-order valence-electron chi connectivity index (χ0n) is 20.2. The van der Waals surface area contributed by atoms with Gasteiger partial charge in [0.1, 0.15) is 17.3 Å². The number of benzene rings is 1. The van der Waals surface area contributed by atoms with Gasteiger partial charge in [-0.2, -0.15) is 26.3 Å². The van der Waals surface area contributed by atoms with Crippen LogP contribution >= 0.6 is 11.6 Å². The predicted octanol–water partition coefficient (Wildman–Crippen LogP) is 4.88. The predicted molar refractivity (Wildman–Crippen MR) is 128 cm³/mol. The number of nitrogens with zero attached hydrogens (tertiary/aromatic N) is 2. The Morgan fingerprint density at radius 3 is 2.38 bits per heavy atom. The number of halogens is 8. The smallest absolute Gasteiger partial charge is 0.475 e. The molecule has 8 nitrogen and oxygen atoms in total. The van der Waals surface area contributed by atoms with Gasteiger partial charge in [0, 0.05) is 31.4 Å². The van der Waals surface area contributed by atoms with Gasteiger partial charge in [-0.3, -0.25) is 4.90 Å². The summed E-state index contributed by atoms with van der Waals surface area (Å²) < 4.78 is 111. The van der Waals surface area contributed by atoms with E-state index in [1.165, 1.54) is 31.2 Å². The molecule has 218 valence electrons. The summed E-state index contributed by atoms with van der Waals surface area (Å²) in [5.41, 5.74) is -0.558. The van der Waals surface area contributed by atoms with Gasteiger partial charge in [-0.25, -0.2) is 27.3 Å². The first-order valence-electron chi connectivity index (χ1n) is 11.1. The highest BCUT2D eigenvalue weighted by molar-refractivity contribution is 7.89. The van der Waals surface area contributed by atoms with E-state index in [4.69, 9.17) is 21.5 Å². The summed E-state index contributed by atoms with van der Waals surface area (Å²) in [6.07, 6.45) is -8.90. The molecule has 0 bridgehead atoms. The summed E-state index contributed by atoms with van der Waals surface area (Å²) in [5, 5.41) is 10.3. The molecular formula is C22H24ClF7N4O4S. The average molecular weight is 609 g/mol. The fourth-order valence-corrected chi connectivity index (χ4v) is 5.29. The normalized spacial score (nSPS) is 17.3. The van der Waals surface area contributed by atoms with E-state index in [2.05, 4.69) is 15.0 Å². The van der Waals surface area contributed by atoms with Crippen molar-refractivity contribution in [2.24, 2.45) is 0 Å². The lowest BCUT2D eigenvalue weighted by Gasteiger charge is -2.18. The monoisotopic (exact) mass is 608 g/mol. The molecule has 1 fully saturated rings. The minimum absolute atomic E-state index is 0.0367. The molecule has 17 heteroatoms. The Hall–Kier alpha value is -2.69. The van der Waals surface area contributed by atoms with Crippen LogP contribution in [0.25, 0.3) is 0 Å². The minimum atomic E-state index is -5.08. The molecule has 2 aromatic rings. The number of pyridine rings is 1. The van der Waals surface area contributed by atoms with Crippen molar-refractivity contribution in [1.29, 1.82) is 0 Å². The van der Waals surface area contributed by atoms with Gasteiger partial charge < -0.3 is 10.4 Å². The molecule has 1 saturated heterocycles. The largest absolute Gasteiger partial charge is 0.490 e. The zero-order chi connectivity index (χ0) is 29.6. The minimum Gasteiger partial charge on any atom is -0.475 e. The van der Waals surface area contributed by atoms with Gasteiger partial charge >= 0.3 is 18.3 Å². The first kappa shape index (κ1) is 32.5. The molecule has 39 heavy (non-hydrogen) atoms. The number of sulfonamides is 1. The molecule has 2 heterocycles. The maximum Gasteiger partial charge on any atom is 0.490 e. The Bertz CT molecular complexity index is 1250. The summed E-state index contributed by atoms with van der Waals surface area (Å²) in [6.45, 7) is 2.80. The number of rotatable bonds is 8. The van der Waals surface area contributed by atoms with Gasteiger partial charge in [0.25, 0.3) is 0 Å². The Balaban J connectivity index is 0.000000673. The van der Waals surface area contributed by atoms with E-state index in [0.29, 0.717) is 18.8 Å². The van der Waals surface area contributed by atoms with E-state index in [-0.39, 0.29) is 21.7 Å². The van der Waals surface area contributed by atoms with Crippen LogP contribution in [-0.4, -0.2) is 67.9 Å². The third-order valence-electron chi connectivity index (χ3n) is 5.34. The standard InChI is InChI=1S/C20H23ClF4N4O2S.C2HF3O2/c1-13(17-3-2-4-19(27-17)20(23,24)25)28-32(30,31)18-6-5-14(11-16(18)21)26-15-7-9-29(12-15)10-8-22;3-2(4,5)1(6)7/h2-6,11,13,15,26,28H,7-10,12H2,1H3;(H,6,7). The number of anilines is 1. The number of carboxylic acids is 1. The fourth-order valence-electron chi connectivity index (χ4n) is 3.52. The lowest BCUT2D eigenvalue weighted by molar-refractivity contribution is -0.192. The first-order chi connectivity index (χ1) is 17.9. The van der Waals surface area contributed by atoms with Crippen molar-refractivity contribution in [2.45, 2.75) is 42.7 Å². The highest BCUT2D eigenvalue weighted by Crippen LogP contribution is 2.30. The number of aliphatic carboxylic acids is 1. The molecule has 1 aliphatic heterocycles. The Labute approximate surface area is 224 Å². The molecule has 3 rings (SSSR count). The molecule has 0 aliphatic carbocycles. The van der Waals surface area contributed by atoms with Crippen LogP contribution in [0.5, 0.6) is 0 Å². The Morgan fingerprint density at radius 2 is 1.85 bits per heavy atom. The lowest BCUT2D eigenvalue weighted by atomic mass is 10.2. The van der Waals surface area contributed by atoms with Gasteiger partial charge in [-0.05, 0) is 43.7 Å². The van der Waals surface area contributed by atoms with Crippen LogP contribution in [0, 0.1) is 0 Å². The quantitative estimate of drug-likeness (QED) is 0.366. The SMILES string of the molecule is CC(NS(=O)(=O)c1ccc(NC2CCN(CCF)C2)cc1Cl)c1cccc(C(F)(F)F)n1.O=C(O)C(F)(F)F. The molecule has 1 aromatic carbocycles. The number of nitrogens with one attached hydrogen (secondary N) is 2. The van der Waals surface area contributed by atoms with Crippen molar-refractivity contribution in [1.82, 2.24) is 14.6 Å². The third kappa shape index (κ3) is 9.77. The molecule has 0 amide bonds. The number of carbonyl (C=O) groups is 1. The first-order valence-corrected chi connectivity index (χ1v) is 13.0. The number of hydrogen-bond acceptors (Lipinski definition) is 6. The summed E-state index contributed by atoms with van der Waals surface area (Å²) >= 11 is 6.21. The van der Waals surface area contributed by atoms with Crippen LogP contribution in [-0.2, 0) is 21.0 Å². The van der Waals surface area contributed by atoms with E-state index in [1.54, 1.807) is 6.07 Å². The summed E-state index contributed by atoms with van der Waals surface area (Å²) in [6, 6.07) is 6.72. The van der Waals surface area contributed by atoms with Crippen LogP contribution < -0.4 is 10.0 Å². The van der Waals surface area contributed by atoms with E-state index < -0.39 is 46.8 Å². The maximum absolute atomic E-state index is 12.9. The van der Waals surface area contributed by atoms with Crippen molar-refractivity contribution in [3.05, 3.63) is 52.8 Å². The molecule has 1 aliphatic rings. The highest BCUT2D eigenvalue weighted by Gasteiger charge is 2.38.